The highest BCUT2D eigenvalue weighted by molar-refractivity contribution is 5.13. The van der Waals surface area contributed by atoms with Crippen LogP contribution < -0.4 is 5.56 Å². The van der Waals surface area contributed by atoms with Gasteiger partial charge in [-0.15, -0.1) is 0 Å². The maximum Gasteiger partial charge on any atom is 0.267 e. The molecule has 0 amide bonds. The van der Waals surface area contributed by atoms with Crippen LogP contribution in [0.15, 0.2) is 4.79 Å². The Labute approximate surface area is 59.7 Å². The van der Waals surface area contributed by atoms with Gasteiger partial charge in [0.2, 0.25) is 0 Å². The van der Waals surface area contributed by atoms with Crippen LogP contribution in [0.5, 0.6) is 0 Å². The quantitative estimate of drug-likeness (QED) is 0.616. The van der Waals surface area contributed by atoms with E-state index >= 15 is 0 Å². The van der Waals surface area contributed by atoms with Gasteiger partial charge in [0.25, 0.3) is 5.56 Å². The lowest BCUT2D eigenvalue weighted by Gasteiger charge is -1.98. The second-order valence-electron chi connectivity index (χ2n) is 2.40. The molecule has 1 aromatic heterocycles. The summed E-state index contributed by atoms with van der Waals surface area (Å²) in [5.74, 6) is 0. The van der Waals surface area contributed by atoms with Gasteiger partial charge in [-0.2, -0.15) is 0 Å². The number of hydrogen-bond acceptors (Lipinski definition) is 1. The SMILES string of the molecule is CCn1[nH]c(=O)c(C)c1C. The Morgan fingerprint density at radius 2 is 2.10 bits per heavy atom. The molecule has 56 valence electrons. The highest BCUT2D eigenvalue weighted by atomic mass is 16.1. The lowest BCUT2D eigenvalue weighted by molar-refractivity contribution is 0.633. The Hall–Kier alpha value is -0.990. The molecule has 1 aromatic rings. The van der Waals surface area contributed by atoms with E-state index in [1.165, 1.54) is 0 Å². The first-order chi connectivity index (χ1) is 4.66. The zero-order valence-corrected chi connectivity index (χ0v) is 6.56. The van der Waals surface area contributed by atoms with Crippen molar-refractivity contribution in [2.75, 3.05) is 0 Å². The minimum atomic E-state index is 0.0272. The predicted octanol–water partition coefficient (Wildman–Crippen LogP) is 0.813. The maximum atomic E-state index is 10.9. The van der Waals surface area contributed by atoms with E-state index in [0.717, 1.165) is 17.8 Å². The molecule has 0 atom stereocenters. The van der Waals surface area contributed by atoms with Crippen molar-refractivity contribution in [1.82, 2.24) is 9.78 Å². The van der Waals surface area contributed by atoms with Crippen molar-refractivity contribution in [2.45, 2.75) is 27.3 Å². The molecule has 0 radical (unpaired) electrons. The van der Waals surface area contributed by atoms with Crippen molar-refractivity contribution in [3.05, 3.63) is 21.6 Å². The molecule has 3 heteroatoms. The van der Waals surface area contributed by atoms with Crippen LogP contribution in [0, 0.1) is 13.8 Å². The summed E-state index contributed by atoms with van der Waals surface area (Å²) in [4.78, 5) is 10.9. The van der Waals surface area contributed by atoms with Gasteiger partial charge in [0.15, 0.2) is 0 Å². The molecule has 1 rings (SSSR count). The smallest absolute Gasteiger partial charge is 0.267 e. The van der Waals surface area contributed by atoms with E-state index in [-0.39, 0.29) is 5.56 Å². The third-order valence-corrected chi connectivity index (χ3v) is 1.84. The van der Waals surface area contributed by atoms with Crippen LogP contribution in [0.4, 0.5) is 0 Å². The largest absolute Gasteiger partial charge is 0.290 e. The van der Waals surface area contributed by atoms with Crippen molar-refractivity contribution in [2.24, 2.45) is 0 Å². The summed E-state index contributed by atoms with van der Waals surface area (Å²) < 4.78 is 1.84. The van der Waals surface area contributed by atoms with Gasteiger partial charge in [-0.3, -0.25) is 14.6 Å². The highest BCUT2D eigenvalue weighted by Crippen LogP contribution is 1.98. The number of nitrogens with one attached hydrogen (secondary N) is 1. The normalized spacial score (nSPS) is 10.3. The Bertz CT molecular complexity index is 282. The lowest BCUT2D eigenvalue weighted by atomic mass is 10.3. The topological polar surface area (TPSA) is 37.8 Å². The fourth-order valence-corrected chi connectivity index (χ4v) is 0.973. The van der Waals surface area contributed by atoms with Gasteiger partial charge < -0.3 is 0 Å². The Morgan fingerprint density at radius 3 is 2.30 bits per heavy atom. The van der Waals surface area contributed by atoms with E-state index in [1.807, 2.05) is 25.5 Å². The third kappa shape index (κ3) is 0.875. The van der Waals surface area contributed by atoms with Gasteiger partial charge in [-0.1, -0.05) is 0 Å². The summed E-state index contributed by atoms with van der Waals surface area (Å²) in [5.41, 5.74) is 1.88. The number of H-pyrrole nitrogens is 1. The first-order valence-corrected chi connectivity index (χ1v) is 3.42. The van der Waals surface area contributed by atoms with Crippen LogP contribution in [0.2, 0.25) is 0 Å². The average Bonchev–Trinajstić information content (AvgIpc) is 2.17. The molecule has 0 saturated heterocycles. The zero-order valence-electron chi connectivity index (χ0n) is 6.56. The first kappa shape index (κ1) is 7.12. The van der Waals surface area contributed by atoms with E-state index in [4.69, 9.17) is 0 Å². The molecule has 1 heterocycles. The highest BCUT2D eigenvalue weighted by Gasteiger charge is 2.02. The number of aromatic nitrogens is 2. The molecule has 0 aromatic carbocycles. The maximum absolute atomic E-state index is 10.9. The number of rotatable bonds is 1. The number of nitrogens with zero attached hydrogens (tertiary/aromatic N) is 1. The van der Waals surface area contributed by atoms with E-state index in [2.05, 4.69) is 5.10 Å². The molecule has 0 bridgehead atoms. The summed E-state index contributed by atoms with van der Waals surface area (Å²) in [6.45, 7) is 6.61. The van der Waals surface area contributed by atoms with Gasteiger partial charge in [-0.25, -0.2) is 0 Å². The molecule has 0 aliphatic carbocycles. The summed E-state index contributed by atoms with van der Waals surface area (Å²) in [6, 6.07) is 0. The van der Waals surface area contributed by atoms with Crippen molar-refractivity contribution in [3.63, 3.8) is 0 Å². The van der Waals surface area contributed by atoms with Crippen molar-refractivity contribution in [3.8, 4) is 0 Å². The van der Waals surface area contributed by atoms with Crippen LogP contribution in [0.3, 0.4) is 0 Å². The molecule has 0 spiro atoms. The van der Waals surface area contributed by atoms with Gasteiger partial charge >= 0.3 is 0 Å². The molecule has 10 heavy (non-hydrogen) atoms. The van der Waals surface area contributed by atoms with Gasteiger partial charge in [0, 0.05) is 17.8 Å². The minimum absolute atomic E-state index is 0.0272. The van der Waals surface area contributed by atoms with E-state index in [1.54, 1.807) is 0 Å². The second-order valence-corrected chi connectivity index (χ2v) is 2.40. The minimum Gasteiger partial charge on any atom is -0.290 e. The van der Waals surface area contributed by atoms with Crippen molar-refractivity contribution >= 4 is 0 Å². The fraction of sp³-hybridized carbons (Fsp3) is 0.571. The first-order valence-electron chi connectivity index (χ1n) is 3.42. The number of aromatic amines is 1. The molecule has 0 saturated carbocycles. The Balaban J connectivity index is 3.31. The monoisotopic (exact) mass is 140 g/mol. The van der Waals surface area contributed by atoms with Crippen LogP contribution in [-0.4, -0.2) is 9.78 Å². The van der Waals surface area contributed by atoms with Crippen LogP contribution in [-0.2, 0) is 6.54 Å². The van der Waals surface area contributed by atoms with Crippen molar-refractivity contribution in [1.29, 1.82) is 0 Å². The molecule has 0 unspecified atom stereocenters. The molecule has 0 fully saturated rings. The average molecular weight is 140 g/mol. The molecule has 1 N–H and O–H groups in total. The Morgan fingerprint density at radius 1 is 1.50 bits per heavy atom. The summed E-state index contributed by atoms with van der Waals surface area (Å²) in [5, 5.41) is 2.72. The van der Waals surface area contributed by atoms with E-state index in [0.29, 0.717) is 0 Å². The van der Waals surface area contributed by atoms with Crippen LogP contribution in [0.25, 0.3) is 0 Å². The van der Waals surface area contributed by atoms with Crippen LogP contribution >= 0.6 is 0 Å². The van der Waals surface area contributed by atoms with Crippen molar-refractivity contribution < 1.29 is 0 Å². The van der Waals surface area contributed by atoms with Crippen LogP contribution in [0.1, 0.15) is 18.2 Å². The fourth-order valence-electron chi connectivity index (χ4n) is 0.973. The second kappa shape index (κ2) is 2.33. The van der Waals surface area contributed by atoms with E-state index < -0.39 is 0 Å². The zero-order chi connectivity index (χ0) is 7.72. The molecule has 3 nitrogen and oxygen atoms in total. The summed E-state index contributed by atoms with van der Waals surface area (Å²) in [7, 11) is 0. The summed E-state index contributed by atoms with van der Waals surface area (Å²) >= 11 is 0. The molecular weight excluding hydrogens is 128 g/mol. The predicted molar refractivity (Wildman–Crippen MR) is 40.2 cm³/mol. The van der Waals surface area contributed by atoms with Gasteiger partial charge in [-0.05, 0) is 20.8 Å². The van der Waals surface area contributed by atoms with E-state index in [9.17, 15) is 4.79 Å². The number of aryl methyl sites for hydroxylation is 1. The number of hydrogen-bond donors (Lipinski definition) is 1. The Kier molecular flexibility index (Phi) is 1.66. The van der Waals surface area contributed by atoms with Gasteiger partial charge in [0.05, 0.1) is 0 Å². The molecule has 0 aliphatic heterocycles. The lowest BCUT2D eigenvalue weighted by Crippen LogP contribution is -2.05. The standard InChI is InChI=1S/C7H12N2O/c1-4-9-6(3)5(2)7(10)8-9/h4H2,1-3H3,(H,8,10). The molecule has 0 aliphatic rings. The third-order valence-electron chi connectivity index (χ3n) is 1.84. The summed E-state index contributed by atoms with van der Waals surface area (Å²) in [6.07, 6.45) is 0. The molecular formula is C7H12N2O. The van der Waals surface area contributed by atoms with Gasteiger partial charge in [0.1, 0.15) is 0 Å².